The zero-order valence-corrected chi connectivity index (χ0v) is 14.1. The molecule has 3 rings (SSSR count). The third-order valence-corrected chi connectivity index (χ3v) is 5.65. The summed E-state index contributed by atoms with van der Waals surface area (Å²) in [5.74, 6) is -0.378. The molecule has 1 aliphatic heterocycles. The van der Waals surface area contributed by atoms with E-state index < -0.39 is 5.97 Å². The van der Waals surface area contributed by atoms with Crippen molar-refractivity contribution in [1.29, 1.82) is 0 Å². The highest BCUT2D eigenvalue weighted by Crippen LogP contribution is 2.49. The quantitative estimate of drug-likeness (QED) is 0.686. The van der Waals surface area contributed by atoms with Gasteiger partial charge in [0.15, 0.2) is 5.54 Å². The molecule has 124 valence electrons. The van der Waals surface area contributed by atoms with Gasteiger partial charge >= 0.3 is 5.97 Å². The first-order valence-electron chi connectivity index (χ1n) is 8.28. The third-order valence-electron chi connectivity index (χ3n) is 5.65. The highest BCUT2D eigenvalue weighted by Gasteiger charge is 2.64. The van der Waals surface area contributed by atoms with Crippen LogP contribution in [0.15, 0.2) is 18.2 Å². The predicted molar refractivity (Wildman–Crippen MR) is 88.3 cm³/mol. The van der Waals surface area contributed by atoms with Crippen molar-refractivity contribution in [2.45, 2.75) is 38.1 Å². The molecule has 2 fully saturated rings. The van der Waals surface area contributed by atoms with Gasteiger partial charge in [0.25, 0.3) is 5.91 Å². The lowest BCUT2D eigenvalue weighted by molar-refractivity contribution is -0.923. The van der Waals surface area contributed by atoms with Crippen LogP contribution in [-0.4, -0.2) is 49.1 Å². The fraction of sp³-hybridized carbons (Fsp3) is 0.556. The Hall–Kier alpha value is -1.88. The number of esters is 1. The van der Waals surface area contributed by atoms with Crippen molar-refractivity contribution >= 4 is 17.6 Å². The van der Waals surface area contributed by atoms with Gasteiger partial charge in [0.05, 0.1) is 38.5 Å². The van der Waals surface area contributed by atoms with Crippen LogP contribution in [-0.2, 0) is 9.53 Å². The molecule has 1 heterocycles. The molecule has 0 unspecified atom stereocenters. The number of rotatable bonds is 4. The number of nitrogens with zero attached hydrogens (tertiary/aromatic N) is 1. The molecule has 1 saturated heterocycles. The fourth-order valence-electron chi connectivity index (χ4n) is 3.94. The van der Waals surface area contributed by atoms with Gasteiger partial charge in [-0.05, 0) is 18.6 Å². The Bertz CT molecular complexity index is 644. The van der Waals surface area contributed by atoms with E-state index in [-0.39, 0.29) is 11.4 Å². The summed E-state index contributed by atoms with van der Waals surface area (Å²) in [5.41, 5.74) is 1.56. The summed E-state index contributed by atoms with van der Waals surface area (Å²) < 4.78 is 5.67. The Morgan fingerprint density at radius 2 is 1.87 bits per heavy atom. The maximum Gasteiger partial charge on any atom is 0.339 e. The minimum atomic E-state index is -0.421. The number of methoxy groups -OCH3 is 1. The van der Waals surface area contributed by atoms with Crippen LogP contribution in [0, 0.1) is 6.92 Å². The Balaban J connectivity index is 1.88. The summed E-state index contributed by atoms with van der Waals surface area (Å²) in [7, 11) is 3.55. The van der Waals surface area contributed by atoms with Gasteiger partial charge < -0.3 is 14.5 Å². The van der Waals surface area contributed by atoms with Gasteiger partial charge in [-0.15, -0.1) is 0 Å². The Labute approximate surface area is 137 Å². The number of hydrogen-bond acceptors (Lipinski definition) is 3. The second kappa shape index (κ2) is 5.64. The maximum atomic E-state index is 13.0. The van der Waals surface area contributed by atoms with Crippen LogP contribution in [0.25, 0.3) is 0 Å². The van der Waals surface area contributed by atoms with E-state index in [1.165, 1.54) is 20.0 Å². The van der Waals surface area contributed by atoms with E-state index >= 15 is 0 Å². The van der Waals surface area contributed by atoms with Crippen LogP contribution in [0.5, 0.6) is 0 Å². The molecule has 1 aromatic rings. The van der Waals surface area contributed by atoms with Crippen molar-refractivity contribution in [2.75, 3.05) is 32.6 Å². The summed E-state index contributed by atoms with van der Waals surface area (Å²) >= 11 is 0. The zero-order valence-electron chi connectivity index (χ0n) is 14.1. The number of hydrogen-bond donors (Lipinski definition) is 1. The standard InChI is InChI=1S/C18H24N2O3/c1-13-7-6-8-14(16(21)23-3)15(13)19-17(22)18(9-10-18)20(2)11-4-5-12-20/h6-8H,4-5,9-12H2,1-3H3/p+1. The second-order valence-electron chi connectivity index (χ2n) is 7.02. The number of carbonyl (C=O) groups excluding carboxylic acids is 2. The van der Waals surface area contributed by atoms with Gasteiger partial charge in [0, 0.05) is 25.7 Å². The van der Waals surface area contributed by atoms with Crippen molar-refractivity contribution in [2.24, 2.45) is 0 Å². The van der Waals surface area contributed by atoms with Crippen molar-refractivity contribution in [1.82, 2.24) is 0 Å². The fourth-order valence-corrected chi connectivity index (χ4v) is 3.94. The van der Waals surface area contributed by atoms with E-state index in [1.807, 2.05) is 13.0 Å². The number of amides is 1. The summed E-state index contributed by atoms with van der Waals surface area (Å²) in [5, 5.41) is 3.04. The van der Waals surface area contributed by atoms with Crippen LogP contribution in [0.3, 0.4) is 0 Å². The summed E-state index contributed by atoms with van der Waals surface area (Å²) in [4.78, 5) is 25.0. The van der Waals surface area contributed by atoms with Crippen LogP contribution < -0.4 is 5.32 Å². The highest BCUT2D eigenvalue weighted by molar-refractivity contribution is 6.05. The first-order valence-corrected chi connectivity index (χ1v) is 8.28. The maximum absolute atomic E-state index is 13.0. The van der Waals surface area contributed by atoms with Gasteiger partial charge in [0.1, 0.15) is 0 Å². The van der Waals surface area contributed by atoms with E-state index in [4.69, 9.17) is 4.74 Å². The number of likely N-dealkylation sites (N-methyl/N-ethyl adjacent to an activating group) is 1. The third kappa shape index (κ3) is 2.53. The molecule has 0 atom stereocenters. The number of carbonyl (C=O) groups is 2. The number of para-hydroxylation sites is 1. The molecule has 2 aliphatic rings. The van der Waals surface area contributed by atoms with Crippen molar-refractivity contribution in [3.8, 4) is 0 Å². The molecule has 1 N–H and O–H groups in total. The molecular formula is C18H25N2O3+. The van der Waals surface area contributed by atoms with Gasteiger partial charge in [-0.1, -0.05) is 12.1 Å². The Morgan fingerprint density at radius 3 is 2.43 bits per heavy atom. The van der Waals surface area contributed by atoms with Gasteiger partial charge in [-0.2, -0.15) is 0 Å². The van der Waals surface area contributed by atoms with Crippen LogP contribution in [0.2, 0.25) is 0 Å². The minimum absolute atomic E-state index is 0.0429. The van der Waals surface area contributed by atoms with E-state index in [0.717, 1.165) is 36.0 Å². The number of benzene rings is 1. The Kier molecular flexibility index (Phi) is 3.92. The first-order chi connectivity index (χ1) is 10.9. The Morgan fingerprint density at radius 1 is 1.22 bits per heavy atom. The molecule has 0 radical (unpaired) electrons. The molecule has 0 spiro atoms. The monoisotopic (exact) mass is 317 g/mol. The topological polar surface area (TPSA) is 55.4 Å². The van der Waals surface area contributed by atoms with Crippen LogP contribution in [0.4, 0.5) is 5.69 Å². The zero-order chi connectivity index (χ0) is 16.7. The molecule has 1 aliphatic carbocycles. The SMILES string of the molecule is COC(=O)c1cccc(C)c1NC(=O)C1([N+]2(C)CCCC2)CC1. The lowest BCUT2D eigenvalue weighted by Crippen LogP contribution is -2.57. The lowest BCUT2D eigenvalue weighted by atomic mass is 10.1. The smallest absolute Gasteiger partial charge is 0.339 e. The molecule has 1 saturated carbocycles. The van der Waals surface area contributed by atoms with E-state index in [9.17, 15) is 9.59 Å². The van der Waals surface area contributed by atoms with Crippen LogP contribution in [0.1, 0.15) is 41.6 Å². The number of ether oxygens (including phenoxy) is 1. The highest BCUT2D eigenvalue weighted by atomic mass is 16.5. The molecule has 0 bridgehead atoms. The summed E-state index contributed by atoms with van der Waals surface area (Å²) in [6.07, 6.45) is 4.22. The number of quaternary nitrogens is 1. The molecule has 1 aromatic carbocycles. The normalized spacial score (nSPS) is 20.8. The summed E-state index contributed by atoms with van der Waals surface area (Å²) in [6.45, 7) is 4.02. The van der Waals surface area contributed by atoms with E-state index in [0.29, 0.717) is 11.3 Å². The van der Waals surface area contributed by atoms with E-state index in [2.05, 4.69) is 12.4 Å². The largest absolute Gasteiger partial charge is 0.465 e. The predicted octanol–water partition coefficient (Wildman–Crippen LogP) is 2.49. The molecule has 23 heavy (non-hydrogen) atoms. The molecule has 5 nitrogen and oxygen atoms in total. The number of nitrogens with one attached hydrogen (secondary N) is 1. The molecule has 5 heteroatoms. The van der Waals surface area contributed by atoms with Gasteiger partial charge in [-0.25, -0.2) is 4.79 Å². The average Bonchev–Trinajstić information content (AvgIpc) is 3.25. The molecule has 0 aromatic heterocycles. The second-order valence-corrected chi connectivity index (χ2v) is 7.02. The van der Waals surface area contributed by atoms with Gasteiger partial charge in [-0.3, -0.25) is 4.79 Å². The van der Waals surface area contributed by atoms with E-state index in [1.54, 1.807) is 12.1 Å². The lowest BCUT2D eigenvalue weighted by Gasteiger charge is -2.37. The van der Waals surface area contributed by atoms with Crippen molar-refractivity contribution in [3.63, 3.8) is 0 Å². The number of anilines is 1. The van der Waals surface area contributed by atoms with Gasteiger partial charge in [0.2, 0.25) is 0 Å². The summed E-state index contributed by atoms with van der Waals surface area (Å²) in [6, 6.07) is 5.40. The number of likely N-dealkylation sites (tertiary alicyclic amines) is 1. The molecule has 1 amide bonds. The van der Waals surface area contributed by atoms with Crippen LogP contribution >= 0.6 is 0 Å². The number of aryl methyl sites for hydroxylation is 1. The molecular weight excluding hydrogens is 292 g/mol. The van der Waals surface area contributed by atoms with Crippen molar-refractivity contribution < 1.29 is 18.8 Å². The minimum Gasteiger partial charge on any atom is -0.465 e. The van der Waals surface area contributed by atoms with Crippen molar-refractivity contribution in [3.05, 3.63) is 29.3 Å². The first kappa shape index (κ1) is 16.0. The average molecular weight is 317 g/mol.